The minimum absolute atomic E-state index is 0.00237. The first-order valence-electron chi connectivity index (χ1n) is 7.00. The summed E-state index contributed by atoms with van der Waals surface area (Å²) < 4.78 is 27.9. The van der Waals surface area contributed by atoms with E-state index in [-0.39, 0.29) is 12.2 Å². The third kappa shape index (κ3) is 6.65. The zero-order chi connectivity index (χ0) is 14.1. The fourth-order valence-electron chi connectivity index (χ4n) is 1.61. The number of hydrogen-bond donors (Lipinski definition) is 0. The van der Waals surface area contributed by atoms with Crippen molar-refractivity contribution in [2.24, 2.45) is 0 Å². The Morgan fingerprint density at radius 2 is 1.68 bits per heavy atom. The Hall–Kier alpha value is -0.243. The topological polar surface area (TPSA) is 49.5 Å². The van der Waals surface area contributed by atoms with E-state index in [1.165, 1.54) is 0 Å². The molecule has 0 aromatic heterocycles. The van der Waals surface area contributed by atoms with Gasteiger partial charge in [-0.3, -0.25) is 0 Å². The normalized spacial score (nSPS) is 20.9. The van der Waals surface area contributed by atoms with Crippen LogP contribution < -0.4 is 0 Å². The van der Waals surface area contributed by atoms with Gasteiger partial charge in [0.25, 0.3) is 0 Å². The van der Waals surface area contributed by atoms with E-state index < -0.39 is 8.80 Å². The lowest BCUT2D eigenvalue weighted by Gasteiger charge is -2.25. The lowest BCUT2D eigenvalue weighted by atomic mass is 10.4. The Kier molecular flexibility index (Phi) is 7.82. The van der Waals surface area contributed by atoms with Crippen molar-refractivity contribution in [1.82, 2.24) is 0 Å². The summed E-state index contributed by atoms with van der Waals surface area (Å²) in [5.74, 6) is 0. The van der Waals surface area contributed by atoms with Crippen molar-refractivity contribution in [3.05, 3.63) is 11.8 Å². The molecule has 2 atom stereocenters. The van der Waals surface area contributed by atoms with Crippen LogP contribution in [0.2, 0.25) is 0 Å². The molecule has 112 valence electrons. The zero-order valence-electron chi connectivity index (χ0n) is 12.4. The molecule has 0 saturated carbocycles. The van der Waals surface area contributed by atoms with Crippen LogP contribution in [0.4, 0.5) is 0 Å². The summed E-state index contributed by atoms with van der Waals surface area (Å²) in [6.45, 7) is 11.0. The van der Waals surface area contributed by atoms with Gasteiger partial charge in [-0.2, -0.15) is 0 Å². The van der Waals surface area contributed by atoms with Gasteiger partial charge in [0.1, 0.15) is 6.10 Å². The molecule has 2 unspecified atom stereocenters. The van der Waals surface area contributed by atoms with Crippen LogP contribution in [0.1, 0.15) is 27.7 Å². The van der Waals surface area contributed by atoms with E-state index in [2.05, 4.69) is 0 Å². The molecular formula is C13H26O5Si. The standard InChI is InChI=1S/C13H26O5Si/c1-5-16-19(17-6-2,18-7-3)9-8-12(4)14-10-13-11-15-13/h8-9,12-13H,5-7,10-11H2,1-4H3/b9-8+. The fraction of sp³-hybridized carbons (Fsp3) is 0.846. The summed E-state index contributed by atoms with van der Waals surface area (Å²) in [6.07, 6.45) is 2.23. The van der Waals surface area contributed by atoms with E-state index in [0.717, 1.165) is 6.61 Å². The molecule has 0 amide bonds. The highest BCUT2D eigenvalue weighted by molar-refractivity contribution is 6.66. The SMILES string of the molecule is CCO[Si](/C=C/C(C)OCC1CO1)(OCC)OCC. The summed E-state index contributed by atoms with van der Waals surface area (Å²) in [7, 11) is -2.69. The quantitative estimate of drug-likeness (QED) is 0.430. The predicted octanol–water partition coefficient (Wildman–Crippen LogP) is 1.93. The Morgan fingerprint density at radius 3 is 2.11 bits per heavy atom. The smallest absolute Gasteiger partial charge is 0.372 e. The van der Waals surface area contributed by atoms with Crippen molar-refractivity contribution >= 4 is 8.80 Å². The second-order valence-corrected chi connectivity index (χ2v) is 6.66. The van der Waals surface area contributed by atoms with E-state index >= 15 is 0 Å². The van der Waals surface area contributed by atoms with Gasteiger partial charge in [-0.05, 0) is 33.4 Å². The largest absolute Gasteiger partial charge is 0.529 e. The highest BCUT2D eigenvalue weighted by Crippen LogP contribution is 2.14. The van der Waals surface area contributed by atoms with Crippen LogP contribution in [-0.2, 0) is 22.8 Å². The van der Waals surface area contributed by atoms with E-state index in [1.54, 1.807) is 0 Å². The molecule has 0 aromatic carbocycles. The van der Waals surface area contributed by atoms with Crippen molar-refractivity contribution in [2.75, 3.05) is 33.0 Å². The Bertz CT molecular complexity index is 251. The first-order chi connectivity index (χ1) is 9.15. The molecule has 0 bridgehead atoms. The van der Waals surface area contributed by atoms with Crippen molar-refractivity contribution in [2.45, 2.75) is 39.9 Å². The summed E-state index contributed by atoms with van der Waals surface area (Å²) in [5, 5.41) is 0. The second kappa shape index (κ2) is 8.83. The van der Waals surface area contributed by atoms with E-state index in [0.29, 0.717) is 26.4 Å². The molecule has 1 heterocycles. The molecule has 0 spiro atoms. The van der Waals surface area contributed by atoms with Gasteiger partial charge in [0.15, 0.2) is 0 Å². The maximum Gasteiger partial charge on any atom is 0.529 e. The molecule has 1 fully saturated rings. The van der Waals surface area contributed by atoms with Crippen LogP contribution in [0.25, 0.3) is 0 Å². The Morgan fingerprint density at radius 1 is 1.16 bits per heavy atom. The molecule has 0 aliphatic carbocycles. The minimum atomic E-state index is -2.69. The molecule has 1 rings (SSSR count). The monoisotopic (exact) mass is 290 g/mol. The van der Waals surface area contributed by atoms with Crippen LogP contribution in [0, 0.1) is 0 Å². The van der Waals surface area contributed by atoms with Gasteiger partial charge in [0.05, 0.1) is 19.3 Å². The highest BCUT2D eigenvalue weighted by Gasteiger charge is 2.37. The molecule has 6 heteroatoms. The van der Waals surface area contributed by atoms with E-state index in [1.807, 2.05) is 39.5 Å². The van der Waals surface area contributed by atoms with Gasteiger partial charge >= 0.3 is 8.80 Å². The van der Waals surface area contributed by atoms with Gasteiger partial charge in [0.2, 0.25) is 0 Å². The molecular weight excluding hydrogens is 264 g/mol. The lowest BCUT2D eigenvalue weighted by molar-refractivity contribution is 0.0767. The number of ether oxygens (including phenoxy) is 2. The van der Waals surface area contributed by atoms with Crippen LogP contribution in [0.5, 0.6) is 0 Å². The number of hydrogen-bond acceptors (Lipinski definition) is 5. The Labute approximate surface area is 117 Å². The molecule has 19 heavy (non-hydrogen) atoms. The van der Waals surface area contributed by atoms with Crippen LogP contribution >= 0.6 is 0 Å². The van der Waals surface area contributed by atoms with Crippen molar-refractivity contribution in [3.8, 4) is 0 Å². The number of epoxide rings is 1. The van der Waals surface area contributed by atoms with Crippen LogP contribution in [0.15, 0.2) is 11.8 Å². The maximum atomic E-state index is 5.73. The molecule has 0 N–H and O–H groups in total. The average molecular weight is 290 g/mol. The fourth-order valence-corrected chi connectivity index (χ4v) is 3.86. The van der Waals surface area contributed by atoms with Crippen molar-refractivity contribution in [3.63, 3.8) is 0 Å². The molecule has 1 aliphatic rings. The number of rotatable bonds is 11. The van der Waals surface area contributed by atoms with Crippen molar-refractivity contribution < 1.29 is 22.8 Å². The lowest BCUT2D eigenvalue weighted by Crippen LogP contribution is -2.44. The summed E-state index contributed by atoms with van der Waals surface area (Å²) in [6, 6.07) is 0. The molecule has 1 saturated heterocycles. The van der Waals surface area contributed by atoms with Crippen LogP contribution in [-0.4, -0.2) is 54.0 Å². The zero-order valence-corrected chi connectivity index (χ0v) is 13.4. The molecule has 0 radical (unpaired) electrons. The summed E-state index contributed by atoms with van der Waals surface area (Å²) in [5.41, 5.74) is 1.92. The van der Waals surface area contributed by atoms with Gasteiger partial charge in [0, 0.05) is 19.8 Å². The third-order valence-electron chi connectivity index (χ3n) is 2.56. The highest BCUT2D eigenvalue weighted by atomic mass is 28.4. The summed E-state index contributed by atoms with van der Waals surface area (Å²) >= 11 is 0. The van der Waals surface area contributed by atoms with Crippen molar-refractivity contribution in [1.29, 1.82) is 0 Å². The van der Waals surface area contributed by atoms with Gasteiger partial charge < -0.3 is 22.8 Å². The molecule has 5 nitrogen and oxygen atoms in total. The van der Waals surface area contributed by atoms with Gasteiger partial charge in [-0.15, -0.1) is 0 Å². The molecule has 0 aromatic rings. The predicted molar refractivity (Wildman–Crippen MR) is 74.9 cm³/mol. The van der Waals surface area contributed by atoms with Crippen LogP contribution in [0.3, 0.4) is 0 Å². The third-order valence-corrected chi connectivity index (χ3v) is 5.23. The Balaban J connectivity index is 2.50. The summed E-state index contributed by atoms with van der Waals surface area (Å²) in [4.78, 5) is 0. The van der Waals surface area contributed by atoms with E-state index in [4.69, 9.17) is 22.8 Å². The first-order valence-corrected chi connectivity index (χ1v) is 8.80. The van der Waals surface area contributed by atoms with Gasteiger partial charge in [-0.25, -0.2) is 0 Å². The van der Waals surface area contributed by atoms with E-state index in [9.17, 15) is 0 Å². The van der Waals surface area contributed by atoms with Gasteiger partial charge in [-0.1, -0.05) is 6.08 Å². The second-order valence-electron chi connectivity index (χ2n) is 4.26. The minimum Gasteiger partial charge on any atom is -0.372 e. The average Bonchev–Trinajstić information content (AvgIpc) is 3.19. The molecule has 1 aliphatic heterocycles. The first kappa shape index (κ1) is 16.8. The maximum absolute atomic E-state index is 5.73.